The van der Waals surface area contributed by atoms with E-state index in [0.717, 1.165) is 18.2 Å². The van der Waals surface area contributed by atoms with Crippen molar-refractivity contribution in [2.24, 2.45) is 0 Å². The molecule has 0 fully saturated rings. The van der Waals surface area contributed by atoms with Crippen molar-refractivity contribution in [3.8, 4) is 5.75 Å². The minimum atomic E-state index is -4.99. The van der Waals surface area contributed by atoms with Crippen molar-refractivity contribution in [2.75, 3.05) is 0 Å². The van der Waals surface area contributed by atoms with Crippen molar-refractivity contribution in [2.45, 2.75) is 0 Å². The van der Waals surface area contributed by atoms with E-state index in [9.17, 15) is 14.5 Å². The van der Waals surface area contributed by atoms with Gasteiger partial charge in [-0.1, -0.05) is 0 Å². The van der Waals surface area contributed by atoms with Crippen LogP contribution in [0.25, 0.3) is 0 Å². The maximum absolute atomic E-state index is 11.1. The molecule has 0 unspecified atom stereocenters. The Morgan fingerprint density at radius 2 is 1.62 bits per heavy atom. The van der Waals surface area contributed by atoms with Gasteiger partial charge in [0.2, 0.25) is 0 Å². The number of carboxylic acids is 1. The van der Waals surface area contributed by atoms with Crippen LogP contribution in [-0.4, -0.2) is 31.5 Å². The molecular formula is C8H7O7P. The second-order valence-corrected chi connectivity index (χ2v) is 4.42. The summed E-state index contributed by atoms with van der Waals surface area (Å²) in [6.45, 7) is 0. The lowest BCUT2D eigenvalue weighted by Crippen LogP contribution is -2.17. The minimum Gasteiger partial charge on any atom is -0.625 e. The lowest BCUT2D eigenvalue weighted by molar-refractivity contribution is -0.203. The number of hydrogen-bond donors (Lipinski definition) is 4. The third-order valence-corrected chi connectivity index (χ3v) is 2.46. The average Bonchev–Trinajstić information content (AvgIpc) is 2.14. The van der Waals surface area contributed by atoms with Crippen molar-refractivity contribution < 1.29 is 34.5 Å². The van der Waals surface area contributed by atoms with Gasteiger partial charge in [0.25, 0.3) is 0 Å². The van der Waals surface area contributed by atoms with E-state index < -0.39 is 36.3 Å². The number of carbonyl (C=O) groups excluding carboxylic acids is 1. The number of phenols is 1. The quantitative estimate of drug-likeness (QED) is 0.519. The van der Waals surface area contributed by atoms with E-state index in [0.29, 0.717) is 0 Å². The van der Waals surface area contributed by atoms with E-state index in [-0.39, 0.29) is 0 Å². The maximum atomic E-state index is 11.1. The van der Waals surface area contributed by atoms with Crippen LogP contribution in [0.5, 0.6) is 5.75 Å². The molecule has 0 saturated carbocycles. The highest BCUT2D eigenvalue weighted by Gasteiger charge is 2.33. The lowest BCUT2D eigenvalue weighted by atomic mass is 10.1. The summed E-state index contributed by atoms with van der Waals surface area (Å²) in [6, 6.07) is 2.43. The molecule has 86 valence electrons. The summed E-state index contributed by atoms with van der Waals surface area (Å²) in [5, 5.41) is 17.7. The Balaban J connectivity index is 3.26. The first-order valence-electron chi connectivity index (χ1n) is 3.89. The molecule has 4 N–H and O–H groups in total. The van der Waals surface area contributed by atoms with Crippen LogP contribution >= 0.6 is 7.94 Å². The van der Waals surface area contributed by atoms with Crippen LogP contribution < -0.4 is 4.89 Å². The first-order valence-corrected chi connectivity index (χ1v) is 5.51. The fraction of sp³-hybridized carbons (Fsp3) is 0. The molecule has 0 aromatic heterocycles. The van der Waals surface area contributed by atoms with Crippen molar-refractivity contribution in [3.05, 3.63) is 29.3 Å². The zero-order chi connectivity index (χ0) is 12.5. The Kier molecular flexibility index (Phi) is 3.25. The molecule has 1 aromatic carbocycles. The molecule has 8 heteroatoms. The topological polar surface area (TPSA) is 138 Å². The van der Waals surface area contributed by atoms with Crippen LogP contribution in [0.3, 0.4) is 0 Å². The Morgan fingerprint density at radius 3 is 2.06 bits per heavy atom. The van der Waals surface area contributed by atoms with E-state index in [2.05, 4.69) is 0 Å². The van der Waals surface area contributed by atoms with Gasteiger partial charge in [0.15, 0.2) is 0 Å². The highest BCUT2D eigenvalue weighted by atomic mass is 31.2. The molecule has 0 amide bonds. The molecular weight excluding hydrogens is 239 g/mol. The summed E-state index contributed by atoms with van der Waals surface area (Å²) in [5.41, 5.74) is -2.52. The Morgan fingerprint density at radius 1 is 1.12 bits per heavy atom. The summed E-state index contributed by atoms with van der Waals surface area (Å²) in [6.07, 6.45) is 0. The molecule has 0 aliphatic heterocycles. The second kappa shape index (κ2) is 4.15. The number of carboxylic acid groups (broad SMARTS) is 1. The summed E-state index contributed by atoms with van der Waals surface area (Å²) < 4.78 is 0. The molecule has 0 bridgehead atoms. The number of phenolic OH excluding ortho intramolecular Hbond substituents is 1. The first kappa shape index (κ1) is 12.5. The van der Waals surface area contributed by atoms with Gasteiger partial charge in [0.05, 0.1) is 11.1 Å². The summed E-state index contributed by atoms with van der Waals surface area (Å²) >= 11 is 0. The molecule has 0 atom stereocenters. The molecule has 16 heavy (non-hydrogen) atoms. The van der Waals surface area contributed by atoms with Crippen molar-refractivity contribution in [1.82, 2.24) is 0 Å². The SMILES string of the molecule is O=C(O)c1cc(O)cc(C(=O)[P+]([O-])(O)O)c1. The van der Waals surface area contributed by atoms with Crippen molar-refractivity contribution >= 4 is 19.4 Å². The Hall–Kier alpha value is -1.53. The van der Waals surface area contributed by atoms with Crippen LogP contribution in [0.1, 0.15) is 20.7 Å². The minimum absolute atomic E-state index is 0.434. The molecule has 0 aliphatic rings. The van der Waals surface area contributed by atoms with E-state index in [1.54, 1.807) is 0 Å². The van der Waals surface area contributed by atoms with E-state index in [4.69, 9.17) is 20.0 Å². The predicted molar refractivity (Wildman–Crippen MR) is 50.8 cm³/mol. The van der Waals surface area contributed by atoms with Gasteiger partial charge in [-0.15, -0.1) is 0 Å². The van der Waals surface area contributed by atoms with E-state index in [1.807, 2.05) is 0 Å². The fourth-order valence-electron chi connectivity index (χ4n) is 1.03. The van der Waals surface area contributed by atoms with Crippen LogP contribution in [0.2, 0.25) is 0 Å². The van der Waals surface area contributed by atoms with Gasteiger partial charge >= 0.3 is 19.4 Å². The van der Waals surface area contributed by atoms with E-state index in [1.165, 1.54) is 0 Å². The molecule has 1 aromatic rings. The van der Waals surface area contributed by atoms with Crippen molar-refractivity contribution in [1.29, 1.82) is 0 Å². The Bertz CT molecular complexity index is 448. The zero-order valence-electron chi connectivity index (χ0n) is 7.69. The molecule has 0 radical (unpaired) electrons. The first-order chi connectivity index (χ1) is 7.21. The van der Waals surface area contributed by atoms with Gasteiger partial charge in [-0.05, 0) is 18.2 Å². The summed E-state index contributed by atoms with van der Waals surface area (Å²) in [5.74, 6) is -1.98. The van der Waals surface area contributed by atoms with Crippen LogP contribution in [-0.2, 0) is 0 Å². The molecule has 0 aliphatic carbocycles. The number of hydrogen-bond acceptors (Lipinski definition) is 6. The number of rotatable bonds is 3. The molecule has 0 spiro atoms. The van der Waals surface area contributed by atoms with Crippen LogP contribution in [0.4, 0.5) is 0 Å². The average molecular weight is 246 g/mol. The second-order valence-electron chi connectivity index (χ2n) is 2.92. The number of carbonyl (C=O) groups is 2. The molecule has 1 rings (SSSR count). The highest BCUT2D eigenvalue weighted by molar-refractivity contribution is 7.75. The standard InChI is InChI=1S/C8H7O7P/c9-6-2-4(7(10)11)1-5(3-6)8(12)16(13,14)15/h1-3,9H,(H,10,11)(H2,13,14,15). The zero-order valence-corrected chi connectivity index (χ0v) is 8.59. The monoisotopic (exact) mass is 246 g/mol. The summed E-state index contributed by atoms with van der Waals surface area (Å²) in [4.78, 5) is 49.5. The third-order valence-electron chi connectivity index (χ3n) is 1.68. The Labute approximate surface area is 89.8 Å². The normalized spacial score (nSPS) is 11.2. The molecule has 0 saturated heterocycles. The maximum Gasteiger partial charge on any atom is 0.352 e. The van der Waals surface area contributed by atoms with Gasteiger partial charge in [-0.25, -0.2) is 19.4 Å². The number of aromatic carboxylic acids is 1. The summed E-state index contributed by atoms with van der Waals surface area (Å²) in [7, 11) is -4.99. The number of benzene rings is 1. The van der Waals surface area contributed by atoms with Gasteiger partial charge in [0, 0.05) is 0 Å². The van der Waals surface area contributed by atoms with E-state index >= 15 is 0 Å². The number of aromatic hydroxyl groups is 1. The largest absolute Gasteiger partial charge is 0.625 e. The van der Waals surface area contributed by atoms with Crippen LogP contribution in [0, 0.1) is 0 Å². The molecule has 0 heterocycles. The molecule has 7 nitrogen and oxygen atoms in total. The highest BCUT2D eigenvalue weighted by Crippen LogP contribution is 2.43. The fourth-order valence-corrected chi connectivity index (χ4v) is 1.49. The van der Waals surface area contributed by atoms with Gasteiger partial charge in [-0.2, -0.15) is 0 Å². The smallest absolute Gasteiger partial charge is 0.352 e. The predicted octanol–water partition coefficient (Wildman–Crippen LogP) is -0.662. The van der Waals surface area contributed by atoms with Gasteiger partial charge in [-0.3, -0.25) is 0 Å². The van der Waals surface area contributed by atoms with Gasteiger partial charge in [0.1, 0.15) is 5.75 Å². The van der Waals surface area contributed by atoms with Crippen molar-refractivity contribution in [3.63, 3.8) is 0 Å². The van der Waals surface area contributed by atoms with Crippen LogP contribution in [0.15, 0.2) is 18.2 Å². The third kappa shape index (κ3) is 2.74. The van der Waals surface area contributed by atoms with Gasteiger partial charge < -0.3 is 15.1 Å². The lowest BCUT2D eigenvalue weighted by Gasteiger charge is -2.12.